The second-order valence-electron chi connectivity index (χ2n) is 11.6. The van der Waals surface area contributed by atoms with Crippen molar-refractivity contribution < 1.29 is 28.7 Å². The fourth-order valence-corrected chi connectivity index (χ4v) is 8.34. The van der Waals surface area contributed by atoms with Crippen LogP contribution in [0.2, 0.25) is 0 Å². The first kappa shape index (κ1) is 27.1. The molecule has 8 nitrogen and oxygen atoms in total. The number of ether oxygens (including phenoxy) is 1. The number of hydrogen-bond acceptors (Lipinski definition) is 6. The first-order chi connectivity index (χ1) is 19.6. The molecule has 4 atom stereocenters. The lowest BCUT2D eigenvalue weighted by molar-refractivity contribution is -0.155. The summed E-state index contributed by atoms with van der Waals surface area (Å²) in [7, 11) is 0. The normalized spacial score (nSPS) is 30.3. The lowest BCUT2D eigenvalue weighted by Gasteiger charge is -2.55. The third-order valence-electron chi connectivity index (χ3n) is 9.91. The summed E-state index contributed by atoms with van der Waals surface area (Å²) in [4.78, 5) is 73.4. The largest absolute Gasteiger partial charge is 0.463 e. The van der Waals surface area contributed by atoms with Gasteiger partial charge in [0.15, 0.2) is 0 Å². The maximum Gasteiger partial charge on any atom is 0.334 e. The lowest BCUT2D eigenvalue weighted by Crippen LogP contribution is -2.61. The van der Waals surface area contributed by atoms with Crippen molar-refractivity contribution in [1.82, 2.24) is 0 Å². The molecular weight excluding hydrogens is 520 g/mol. The predicted molar refractivity (Wildman–Crippen MR) is 152 cm³/mol. The summed E-state index contributed by atoms with van der Waals surface area (Å²) in [5.41, 5.74) is 2.12. The number of carbonyl (C=O) groups excluding carboxylic acids is 5. The highest BCUT2D eigenvalue weighted by Gasteiger charge is 2.77. The molecule has 212 valence electrons. The number of nitrogens with zero attached hydrogens (tertiary/aromatic N) is 2. The second-order valence-corrected chi connectivity index (χ2v) is 11.6. The van der Waals surface area contributed by atoms with Crippen molar-refractivity contribution in [1.29, 1.82) is 0 Å². The van der Waals surface area contributed by atoms with Crippen LogP contribution >= 0.6 is 0 Å². The molecule has 1 saturated carbocycles. The van der Waals surface area contributed by atoms with E-state index in [4.69, 9.17) is 4.74 Å². The summed E-state index contributed by atoms with van der Waals surface area (Å²) in [6, 6.07) is 14.6. The summed E-state index contributed by atoms with van der Waals surface area (Å²) < 4.78 is 5.47. The Bertz CT molecular complexity index is 1460. The molecule has 2 heterocycles. The maximum absolute atomic E-state index is 14.4. The van der Waals surface area contributed by atoms with E-state index in [1.165, 1.54) is 9.80 Å². The molecule has 0 spiro atoms. The molecular formula is C33H34N2O6. The number of rotatable bonds is 6. The van der Waals surface area contributed by atoms with Crippen molar-refractivity contribution in [2.45, 2.75) is 47.5 Å². The molecule has 41 heavy (non-hydrogen) atoms. The SMILES string of the molecule is CCOC(=O)C1=C(C)C2C3C(=O)N(c4ccccc4CC)C(=O)C3C1(C)C1C(=O)N(c3ccccc3CC)C(=O)C21. The summed E-state index contributed by atoms with van der Waals surface area (Å²) >= 11 is 0. The smallest absolute Gasteiger partial charge is 0.334 e. The molecule has 3 fully saturated rings. The van der Waals surface area contributed by atoms with Gasteiger partial charge >= 0.3 is 5.97 Å². The van der Waals surface area contributed by atoms with Crippen LogP contribution in [0.4, 0.5) is 11.4 Å². The molecule has 2 aromatic rings. The molecule has 2 saturated heterocycles. The molecule has 4 unspecified atom stereocenters. The number of hydrogen-bond donors (Lipinski definition) is 0. The van der Waals surface area contributed by atoms with Crippen molar-refractivity contribution >= 4 is 41.0 Å². The van der Waals surface area contributed by atoms with Crippen LogP contribution in [0, 0.1) is 35.0 Å². The number of allylic oxidation sites excluding steroid dienone is 1. The Morgan fingerprint density at radius 1 is 0.732 bits per heavy atom. The van der Waals surface area contributed by atoms with Crippen molar-refractivity contribution in [3.05, 3.63) is 70.8 Å². The molecule has 3 aliphatic carbocycles. The minimum atomic E-state index is -1.41. The van der Waals surface area contributed by atoms with Gasteiger partial charge < -0.3 is 4.74 Å². The Kier molecular flexibility index (Phi) is 6.28. The van der Waals surface area contributed by atoms with E-state index in [9.17, 15) is 24.0 Å². The number of carbonyl (C=O) groups is 5. The molecule has 7 rings (SSSR count). The van der Waals surface area contributed by atoms with Gasteiger partial charge in [0, 0.05) is 16.9 Å². The van der Waals surface area contributed by atoms with Crippen LogP contribution < -0.4 is 9.80 Å². The Morgan fingerprint density at radius 3 is 1.59 bits per heavy atom. The van der Waals surface area contributed by atoms with Gasteiger partial charge in [0.05, 0.1) is 41.7 Å². The molecule has 0 radical (unpaired) electrons. The summed E-state index contributed by atoms with van der Waals surface area (Å²) in [5.74, 6) is -6.71. The van der Waals surface area contributed by atoms with E-state index in [1.807, 2.05) is 38.1 Å². The Morgan fingerprint density at radius 2 is 1.17 bits per heavy atom. The Balaban J connectivity index is 1.56. The summed E-state index contributed by atoms with van der Waals surface area (Å²) in [6.07, 6.45) is 1.23. The fraction of sp³-hybridized carbons (Fsp3) is 0.424. The highest BCUT2D eigenvalue weighted by molar-refractivity contribution is 6.28. The van der Waals surface area contributed by atoms with Gasteiger partial charge in [-0.05, 0) is 49.9 Å². The van der Waals surface area contributed by atoms with Gasteiger partial charge in [-0.15, -0.1) is 0 Å². The minimum Gasteiger partial charge on any atom is -0.463 e. The highest BCUT2D eigenvalue weighted by atomic mass is 16.5. The zero-order valence-electron chi connectivity index (χ0n) is 24.0. The van der Waals surface area contributed by atoms with E-state index in [0.717, 1.165) is 11.1 Å². The van der Waals surface area contributed by atoms with Crippen molar-refractivity contribution in [3.8, 4) is 0 Å². The van der Waals surface area contributed by atoms with E-state index in [1.54, 1.807) is 45.0 Å². The minimum absolute atomic E-state index is 0.115. The topological polar surface area (TPSA) is 101 Å². The van der Waals surface area contributed by atoms with Crippen LogP contribution in [-0.4, -0.2) is 36.2 Å². The van der Waals surface area contributed by atoms with Gasteiger partial charge in [-0.25, -0.2) is 14.6 Å². The third kappa shape index (κ3) is 3.36. The number of imide groups is 2. The Hall–Kier alpha value is -4.07. The Labute approximate surface area is 239 Å². The molecule has 2 aromatic carbocycles. The first-order valence-electron chi connectivity index (χ1n) is 14.4. The van der Waals surface area contributed by atoms with E-state index in [2.05, 4.69) is 0 Å². The van der Waals surface area contributed by atoms with Gasteiger partial charge in [-0.1, -0.05) is 62.7 Å². The second kappa shape index (κ2) is 9.50. The van der Waals surface area contributed by atoms with Gasteiger partial charge in [0.1, 0.15) is 0 Å². The quantitative estimate of drug-likeness (QED) is 0.391. The number of para-hydroxylation sites is 2. The highest BCUT2D eigenvalue weighted by Crippen LogP contribution is 2.69. The molecule has 8 heteroatoms. The monoisotopic (exact) mass is 554 g/mol. The molecule has 4 amide bonds. The van der Waals surface area contributed by atoms with Crippen LogP contribution in [0.1, 0.15) is 45.7 Å². The molecule has 2 aliphatic heterocycles. The number of aryl methyl sites for hydroxylation is 2. The number of anilines is 2. The number of amides is 4. The fourth-order valence-electron chi connectivity index (χ4n) is 8.34. The number of esters is 1. The molecule has 0 aromatic heterocycles. The standard InChI is InChI=1S/C33H34N2O6/c1-6-18-13-9-11-15-20(18)34-28(36)23-22-17(4)25(32(40)41-8-3)33(5,26(23)30(34)38)27-24(22)29(37)35(31(27)39)21-16-12-10-14-19(21)7-2/h9-16,22-24,26-27H,6-8H2,1-5H3. The first-order valence-corrected chi connectivity index (χ1v) is 14.4. The van der Waals surface area contributed by atoms with Crippen molar-refractivity contribution in [2.75, 3.05) is 16.4 Å². The van der Waals surface area contributed by atoms with Gasteiger partial charge in [-0.3, -0.25) is 19.2 Å². The van der Waals surface area contributed by atoms with Crippen LogP contribution in [0.25, 0.3) is 0 Å². The zero-order chi connectivity index (χ0) is 29.4. The predicted octanol–water partition coefficient (Wildman–Crippen LogP) is 4.25. The average molecular weight is 555 g/mol. The van der Waals surface area contributed by atoms with Gasteiger partial charge in [0.2, 0.25) is 23.6 Å². The van der Waals surface area contributed by atoms with Gasteiger partial charge in [0.25, 0.3) is 0 Å². The maximum atomic E-state index is 14.4. The van der Waals surface area contributed by atoms with E-state index in [0.29, 0.717) is 29.8 Å². The van der Waals surface area contributed by atoms with E-state index < -0.39 is 52.8 Å². The third-order valence-corrected chi connectivity index (χ3v) is 9.91. The molecule has 5 aliphatic rings. The summed E-state index contributed by atoms with van der Waals surface area (Å²) in [6.45, 7) is 9.19. The van der Waals surface area contributed by atoms with Crippen LogP contribution in [0.3, 0.4) is 0 Å². The van der Waals surface area contributed by atoms with Crippen molar-refractivity contribution in [2.24, 2.45) is 35.0 Å². The van der Waals surface area contributed by atoms with Crippen LogP contribution in [0.5, 0.6) is 0 Å². The average Bonchev–Trinajstić information content (AvgIpc) is 3.39. The van der Waals surface area contributed by atoms with E-state index >= 15 is 0 Å². The zero-order valence-corrected chi connectivity index (χ0v) is 24.0. The number of benzene rings is 2. The van der Waals surface area contributed by atoms with Crippen LogP contribution in [-0.2, 0) is 41.6 Å². The molecule has 2 bridgehead atoms. The summed E-state index contributed by atoms with van der Waals surface area (Å²) in [5, 5.41) is 0. The van der Waals surface area contributed by atoms with Gasteiger partial charge in [-0.2, -0.15) is 0 Å². The van der Waals surface area contributed by atoms with Crippen LogP contribution in [0.15, 0.2) is 59.7 Å². The molecule has 0 N–H and O–H groups in total. The lowest BCUT2D eigenvalue weighted by atomic mass is 9.43. The van der Waals surface area contributed by atoms with Crippen molar-refractivity contribution in [3.63, 3.8) is 0 Å². The van der Waals surface area contributed by atoms with E-state index in [-0.39, 0.29) is 24.0 Å².